The predicted molar refractivity (Wildman–Crippen MR) is 124 cm³/mol. The van der Waals surface area contributed by atoms with Crippen LogP contribution < -0.4 is 4.90 Å². The highest BCUT2D eigenvalue weighted by Gasteiger charge is 2.31. The molecule has 0 radical (unpaired) electrons. The molecule has 0 bridgehead atoms. The van der Waals surface area contributed by atoms with Gasteiger partial charge in [-0.3, -0.25) is 4.79 Å². The molecule has 1 aromatic carbocycles. The van der Waals surface area contributed by atoms with Crippen LogP contribution >= 0.6 is 0 Å². The summed E-state index contributed by atoms with van der Waals surface area (Å²) >= 11 is 0. The van der Waals surface area contributed by atoms with Gasteiger partial charge in [0.1, 0.15) is 0 Å². The maximum absolute atomic E-state index is 11.8. The molecule has 0 atom stereocenters. The monoisotopic (exact) mass is 395 g/mol. The number of carbonyl (C=O) groups excluding carboxylic acids is 1. The van der Waals surface area contributed by atoms with Crippen molar-refractivity contribution in [2.24, 2.45) is 17.8 Å². The minimum Gasteiger partial charge on any atom is -0.312 e. The van der Waals surface area contributed by atoms with Gasteiger partial charge in [-0.25, -0.2) is 0 Å². The molecule has 0 unspecified atom stereocenters. The zero-order valence-corrected chi connectivity index (χ0v) is 18.7. The molecule has 2 saturated carbocycles. The summed E-state index contributed by atoms with van der Waals surface area (Å²) in [6.45, 7) is 5.88. The number of rotatable bonds is 8. The van der Waals surface area contributed by atoms with Gasteiger partial charge in [0.25, 0.3) is 0 Å². The summed E-state index contributed by atoms with van der Waals surface area (Å²) in [6, 6.07) is 8.63. The maximum atomic E-state index is 11.8. The third-order valence-corrected chi connectivity index (χ3v) is 7.80. The van der Waals surface area contributed by atoms with Crippen LogP contribution in [0.15, 0.2) is 36.9 Å². The third-order valence-electron chi connectivity index (χ3n) is 7.80. The van der Waals surface area contributed by atoms with Crippen LogP contribution in [0.25, 0.3) is 0 Å². The van der Waals surface area contributed by atoms with Gasteiger partial charge >= 0.3 is 0 Å². The van der Waals surface area contributed by atoms with E-state index in [1.165, 1.54) is 88.7 Å². The van der Waals surface area contributed by atoms with E-state index >= 15 is 0 Å². The second-order valence-corrected chi connectivity index (χ2v) is 9.58. The summed E-state index contributed by atoms with van der Waals surface area (Å²) in [4.78, 5) is 13.4. The van der Waals surface area contributed by atoms with Crippen LogP contribution in [-0.2, 0) is 4.79 Å². The van der Waals surface area contributed by atoms with Crippen molar-refractivity contribution in [3.63, 3.8) is 0 Å². The lowest BCUT2D eigenvalue weighted by atomic mass is 9.68. The van der Waals surface area contributed by atoms with E-state index in [1.54, 1.807) is 4.90 Å². The fourth-order valence-corrected chi connectivity index (χ4v) is 5.79. The van der Waals surface area contributed by atoms with E-state index in [9.17, 15) is 4.79 Å². The number of carbonyl (C=O) groups is 1. The Bertz CT molecular complexity index is 633. The average molecular weight is 396 g/mol. The van der Waals surface area contributed by atoms with Crippen LogP contribution in [-0.4, -0.2) is 13.0 Å². The minimum absolute atomic E-state index is 0.0571. The van der Waals surface area contributed by atoms with Crippen LogP contribution in [0.5, 0.6) is 0 Å². The normalized spacial score (nSPS) is 27.4. The lowest BCUT2D eigenvalue weighted by Gasteiger charge is -2.38. The molecule has 2 fully saturated rings. The van der Waals surface area contributed by atoms with Gasteiger partial charge in [-0.15, -0.1) is 0 Å². The number of hydrogen-bond donors (Lipinski definition) is 0. The maximum Gasteiger partial charge on any atom is 0.250 e. The van der Waals surface area contributed by atoms with Crippen molar-refractivity contribution in [2.45, 2.75) is 89.9 Å². The largest absolute Gasteiger partial charge is 0.312 e. The second-order valence-electron chi connectivity index (χ2n) is 9.58. The molecule has 0 saturated heterocycles. The van der Waals surface area contributed by atoms with Gasteiger partial charge in [0, 0.05) is 12.7 Å². The smallest absolute Gasteiger partial charge is 0.250 e. The van der Waals surface area contributed by atoms with E-state index in [1.807, 2.05) is 7.05 Å². The highest BCUT2D eigenvalue weighted by atomic mass is 16.2. The molecule has 0 heterocycles. The van der Waals surface area contributed by atoms with Crippen molar-refractivity contribution < 1.29 is 4.79 Å². The Balaban J connectivity index is 1.44. The van der Waals surface area contributed by atoms with E-state index in [4.69, 9.17) is 0 Å². The first kappa shape index (κ1) is 22.1. The van der Waals surface area contributed by atoms with Crippen molar-refractivity contribution in [3.8, 4) is 0 Å². The van der Waals surface area contributed by atoms with Crippen LogP contribution in [0.4, 0.5) is 5.69 Å². The first-order valence-electron chi connectivity index (χ1n) is 12.1. The molecule has 2 aliphatic rings. The number of amides is 1. The topological polar surface area (TPSA) is 20.3 Å². The van der Waals surface area contributed by atoms with Gasteiger partial charge in [0.2, 0.25) is 5.91 Å². The molecular formula is C27H41NO. The quantitative estimate of drug-likeness (QED) is 0.330. The summed E-state index contributed by atoms with van der Waals surface area (Å²) in [7, 11) is 1.81. The van der Waals surface area contributed by atoms with Gasteiger partial charge < -0.3 is 4.90 Å². The van der Waals surface area contributed by atoms with Crippen molar-refractivity contribution in [1.82, 2.24) is 0 Å². The molecule has 3 rings (SSSR count). The number of nitrogens with zero attached hydrogens (tertiary/aromatic N) is 1. The molecule has 0 spiro atoms. The number of benzene rings is 1. The minimum atomic E-state index is -0.0571. The molecule has 0 aliphatic heterocycles. The second kappa shape index (κ2) is 11.0. The Morgan fingerprint density at radius 3 is 2.10 bits per heavy atom. The van der Waals surface area contributed by atoms with Crippen LogP contribution in [0.1, 0.15) is 95.5 Å². The van der Waals surface area contributed by atoms with Crippen LogP contribution in [0.3, 0.4) is 0 Å². The number of likely N-dealkylation sites (N-methyl/N-ethyl adjacent to an activating group) is 1. The molecular weight excluding hydrogens is 354 g/mol. The SMILES string of the molecule is C=CC(=O)N(C)c1ccc(C2CCC(C3CCC(CCCCC)CC3)CC2)cc1. The van der Waals surface area contributed by atoms with Gasteiger partial charge in [-0.1, -0.05) is 64.2 Å². The van der Waals surface area contributed by atoms with E-state index in [2.05, 4.69) is 37.8 Å². The molecule has 29 heavy (non-hydrogen) atoms. The van der Waals surface area contributed by atoms with Crippen molar-refractivity contribution in [2.75, 3.05) is 11.9 Å². The van der Waals surface area contributed by atoms with E-state index < -0.39 is 0 Å². The summed E-state index contributed by atoms with van der Waals surface area (Å²) in [5.74, 6) is 3.64. The lowest BCUT2D eigenvalue weighted by Crippen LogP contribution is -2.25. The molecule has 1 aromatic rings. The predicted octanol–water partition coefficient (Wildman–Crippen LogP) is 7.50. The van der Waals surface area contributed by atoms with Gasteiger partial charge in [0.15, 0.2) is 0 Å². The van der Waals surface area contributed by atoms with Crippen molar-refractivity contribution in [3.05, 3.63) is 42.5 Å². The van der Waals surface area contributed by atoms with Gasteiger partial charge in [0.05, 0.1) is 0 Å². The summed E-state index contributed by atoms with van der Waals surface area (Å²) in [6.07, 6.45) is 18.5. The van der Waals surface area contributed by atoms with Crippen molar-refractivity contribution >= 4 is 11.6 Å². The van der Waals surface area contributed by atoms with Crippen molar-refractivity contribution in [1.29, 1.82) is 0 Å². The Morgan fingerprint density at radius 1 is 0.966 bits per heavy atom. The number of anilines is 1. The Hall–Kier alpha value is -1.57. The molecule has 2 nitrogen and oxygen atoms in total. The first-order valence-corrected chi connectivity index (χ1v) is 12.1. The van der Waals surface area contributed by atoms with Crippen LogP contribution in [0, 0.1) is 17.8 Å². The van der Waals surface area contributed by atoms with Crippen LogP contribution in [0.2, 0.25) is 0 Å². The van der Waals surface area contributed by atoms with Gasteiger partial charge in [-0.2, -0.15) is 0 Å². The fraction of sp³-hybridized carbons (Fsp3) is 0.667. The molecule has 0 N–H and O–H groups in total. The standard InChI is InChI=1S/C27H41NO/c1-4-6-7-8-21-9-11-22(12-10-21)23-13-15-24(16-14-23)25-17-19-26(20-18-25)28(3)27(29)5-2/h5,17-24H,2,4,6-16H2,1,3H3. The zero-order valence-electron chi connectivity index (χ0n) is 18.7. The third kappa shape index (κ3) is 5.96. The fourth-order valence-electron chi connectivity index (χ4n) is 5.79. The molecule has 0 aromatic heterocycles. The van der Waals surface area contributed by atoms with E-state index in [0.29, 0.717) is 5.92 Å². The average Bonchev–Trinajstić information content (AvgIpc) is 2.79. The summed E-state index contributed by atoms with van der Waals surface area (Å²) in [5, 5.41) is 0. The van der Waals surface area contributed by atoms with E-state index in [-0.39, 0.29) is 5.91 Å². The zero-order chi connectivity index (χ0) is 20.6. The molecule has 2 heteroatoms. The highest BCUT2D eigenvalue weighted by Crippen LogP contribution is 2.44. The Morgan fingerprint density at radius 2 is 1.55 bits per heavy atom. The highest BCUT2D eigenvalue weighted by molar-refractivity contribution is 6.00. The summed E-state index contributed by atoms with van der Waals surface area (Å²) < 4.78 is 0. The summed E-state index contributed by atoms with van der Waals surface area (Å²) in [5.41, 5.74) is 2.40. The molecule has 160 valence electrons. The van der Waals surface area contributed by atoms with E-state index in [0.717, 1.165) is 23.4 Å². The first-order chi connectivity index (χ1) is 14.1. The van der Waals surface area contributed by atoms with Gasteiger partial charge in [-0.05, 0) is 86.0 Å². The Kier molecular flexibility index (Phi) is 8.39. The Labute approximate surface area is 178 Å². The number of unbranched alkanes of at least 4 members (excludes halogenated alkanes) is 2. The number of hydrogen-bond acceptors (Lipinski definition) is 1. The lowest BCUT2D eigenvalue weighted by molar-refractivity contribution is -0.113. The molecule has 1 amide bonds. The molecule has 2 aliphatic carbocycles.